The van der Waals surface area contributed by atoms with Crippen molar-refractivity contribution < 1.29 is 13.2 Å². The lowest BCUT2D eigenvalue weighted by Crippen LogP contribution is -2.37. The van der Waals surface area contributed by atoms with Crippen molar-refractivity contribution in [2.75, 3.05) is 18.0 Å². The number of hydrogen-bond donors (Lipinski definition) is 2. The van der Waals surface area contributed by atoms with Crippen molar-refractivity contribution >= 4 is 26.9 Å². The molecule has 0 bridgehead atoms. The molecule has 0 unspecified atom stereocenters. The van der Waals surface area contributed by atoms with Crippen LogP contribution in [0.5, 0.6) is 5.75 Å². The fourth-order valence-corrected chi connectivity index (χ4v) is 5.23. The van der Waals surface area contributed by atoms with E-state index in [1.807, 2.05) is 54.6 Å². The van der Waals surface area contributed by atoms with Gasteiger partial charge >= 0.3 is 0 Å². The fraction of sp³-hybridized carbons (Fsp3) is 0.308. The molecule has 1 aliphatic carbocycles. The molecule has 35 heavy (non-hydrogen) atoms. The summed E-state index contributed by atoms with van der Waals surface area (Å²) in [6.07, 6.45) is 5.32. The molecule has 182 valence electrons. The summed E-state index contributed by atoms with van der Waals surface area (Å²) in [5.74, 6) is 1.61. The summed E-state index contributed by atoms with van der Waals surface area (Å²) in [6.45, 7) is 2.60. The van der Waals surface area contributed by atoms with E-state index in [0.29, 0.717) is 24.9 Å². The molecule has 0 atom stereocenters. The largest absolute Gasteiger partial charge is 0.489 e. The molecule has 2 aromatic carbocycles. The molecule has 0 radical (unpaired) electrons. The molecule has 8 nitrogen and oxygen atoms in total. The molecule has 0 spiro atoms. The third-order valence-corrected chi connectivity index (χ3v) is 7.97. The van der Waals surface area contributed by atoms with Gasteiger partial charge in [0.15, 0.2) is 0 Å². The maximum absolute atomic E-state index is 11.8. The molecule has 1 fully saturated rings. The Bertz CT molecular complexity index is 1430. The fourth-order valence-electron chi connectivity index (χ4n) is 4.54. The number of hydrogen-bond acceptors (Lipinski definition) is 6. The Labute approximate surface area is 205 Å². The number of nitrogens with one attached hydrogen (secondary N) is 1. The van der Waals surface area contributed by atoms with Gasteiger partial charge < -0.3 is 15.0 Å². The second-order valence-electron chi connectivity index (χ2n) is 8.95. The quantitative estimate of drug-likeness (QED) is 0.364. The second kappa shape index (κ2) is 9.67. The molecular weight excluding hydrogens is 462 g/mol. The first kappa shape index (κ1) is 23.3. The van der Waals surface area contributed by atoms with Crippen LogP contribution in [0.1, 0.15) is 31.4 Å². The van der Waals surface area contributed by atoms with Gasteiger partial charge in [-0.05, 0) is 48.9 Å². The van der Waals surface area contributed by atoms with Gasteiger partial charge in [-0.3, -0.25) is 0 Å². The van der Waals surface area contributed by atoms with Crippen molar-refractivity contribution in [3.8, 4) is 16.9 Å². The van der Waals surface area contributed by atoms with E-state index in [1.165, 1.54) is 6.33 Å². The zero-order chi connectivity index (χ0) is 24.4. The number of ether oxygens (including phenoxy) is 1. The van der Waals surface area contributed by atoms with Crippen LogP contribution < -0.4 is 15.2 Å². The van der Waals surface area contributed by atoms with E-state index >= 15 is 0 Å². The van der Waals surface area contributed by atoms with E-state index in [1.54, 1.807) is 6.92 Å². The Morgan fingerprint density at radius 2 is 1.91 bits per heavy atom. The lowest BCUT2D eigenvalue weighted by molar-refractivity contribution is 0.204. The number of nitrogen functional groups attached to an aromatic ring is 1. The lowest BCUT2D eigenvalue weighted by atomic mass is 9.80. The first-order chi connectivity index (χ1) is 16.9. The zero-order valence-electron chi connectivity index (χ0n) is 19.6. The van der Waals surface area contributed by atoms with Crippen molar-refractivity contribution in [3.05, 3.63) is 72.7 Å². The van der Waals surface area contributed by atoms with E-state index in [2.05, 4.69) is 25.5 Å². The maximum Gasteiger partial charge on any atom is 0.211 e. The summed E-state index contributed by atoms with van der Waals surface area (Å²) in [6, 6.07) is 18.2. The van der Waals surface area contributed by atoms with E-state index < -0.39 is 10.0 Å². The van der Waals surface area contributed by atoms with Crippen molar-refractivity contribution in [1.29, 1.82) is 0 Å². The number of nitrogens with two attached hydrogens (primary N) is 1. The number of aromatic nitrogens is 3. The molecule has 9 heteroatoms. The highest BCUT2D eigenvalue weighted by Gasteiger charge is 2.33. The van der Waals surface area contributed by atoms with Crippen molar-refractivity contribution in [2.45, 2.75) is 32.4 Å². The summed E-state index contributed by atoms with van der Waals surface area (Å²) in [5.41, 5.74) is 10.1. The zero-order valence-corrected chi connectivity index (χ0v) is 20.4. The Morgan fingerprint density at radius 3 is 2.69 bits per heavy atom. The van der Waals surface area contributed by atoms with Gasteiger partial charge in [0.2, 0.25) is 10.0 Å². The molecule has 1 aliphatic rings. The van der Waals surface area contributed by atoms with Crippen LogP contribution in [0.4, 0.5) is 5.82 Å². The monoisotopic (exact) mass is 491 g/mol. The summed E-state index contributed by atoms with van der Waals surface area (Å²) in [7, 11) is -3.18. The summed E-state index contributed by atoms with van der Waals surface area (Å²) in [5, 5.41) is 0.822. The van der Waals surface area contributed by atoms with Crippen LogP contribution in [-0.2, 0) is 16.6 Å². The van der Waals surface area contributed by atoms with Crippen LogP contribution in [-0.4, -0.2) is 35.3 Å². The van der Waals surface area contributed by atoms with Gasteiger partial charge in [-0.25, -0.2) is 23.1 Å². The Hall–Kier alpha value is -3.43. The number of sulfonamides is 1. The minimum absolute atomic E-state index is 0.0963. The van der Waals surface area contributed by atoms with Crippen LogP contribution in [0.2, 0.25) is 0 Å². The third kappa shape index (κ3) is 5.01. The number of nitrogens with zero attached hydrogens (tertiary/aromatic N) is 3. The Kier molecular flexibility index (Phi) is 6.44. The van der Waals surface area contributed by atoms with Crippen LogP contribution >= 0.6 is 0 Å². The number of fused-ring (bicyclic) bond motifs is 1. The number of anilines is 1. The first-order valence-electron chi connectivity index (χ1n) is 11.8. The molecule has 5 rings (SSSR count). The smallest absolute Gasteiger partial charge is 0.211 e. The van der Waals surface area contributed by atoms with Crippen molar-refractivity contribution in [1.82, 2.24) is 19.3 Å². The molecular formula is C26H29N5O3S. The molecule has 0 aliphatic heterocycles. The number of rotatable bonds is 9. The molecule has 2 heterocycles. The molecule has 3 N–H and O–H groups in total. The van der Waals surface area contributed by atoms with Gasteiger partial charge in [0.05, 0.1) is 11.1 Å². The molecule has 0 saturated heterocycles. The third-order valence-electron chi connectivity index (χ3n) is 6.61. The minimum Gasteiger partial charge on any atom is -0.489 e. The average Bonchev–Trinajstić information content (AvgIpc) is 3.23. The topological polar surface area (TPSA) is 112 Å². The predicted octanol–water partition coefficient (Wildman–Crippen LogP) is 4.15. The summed E-state index contributed by atoms with van der Waals surface area (Å²) < 4.78 is 34.4. The average molecular weight is 492 g/mol. The summed E-state index contributed by atoms with van der Waals surface area (Å²) >= 11 is 0. The normalized spacial score (nSPS) is 17.9. The van der Waals surface area contributed by atoms with Crippen LogP contribution in [0.3, 0.4) is 0 Å². The van der Waals surface area contributed by atoms with Gasteiger partial charge in [0.25, 0.3) is 0 Å². The van der Waals surface area contributed by atoms with Gasteiger partial charge in [-0.15, -0.1) is 0 Å². The van der Waals surface area contributed by atoms with Gasteiger partial charge in [-0.2, -0.15) is 0 Å². The van der Waals surface area contributed by atoms with E-state index in [4.69, 9.17) is 10.5 Å². The van der Waals surface area contributed by atoms with Crippen LogP contribution in [0, 0.1) is 5.92 Å². The number of benzene rings is 2. The SMILES string of the molecule is CCS(=O)(=O)NC[C@H]1C[C@H](n2cc(-c3cccc(OCc4ccccc4)c3)c3c(N)ncnc32)C1. The lowest BCUT2D eigenvalue weighted by Gasteiger charge is -2.36. The van der Waals surface area contributed by atoms with Crippen molar-refractivity contribution in [2.24, 2.45) is 5.92 Å². The second-order valence-corrected chi connectivity index (χ2v) is 11.0. The van der Waals surface area contributed by atoms with Crippen LogP contribution in [0.25, 0.3) is 22.2 Å². The van der Waals surface area contributed by atoms with E-state index in [-0.39, 0.29) is 11.8 Å². The van der Waals surface area contributed by atoms with Gasteiger partial charge in [0, 0.05) is 24.3 Å². The Balaban J connectivity index is 1.38. The Morgan fingerprint density at radius 1 is 1.11 bits per heavy atom. The van der Waals surface area contributed by atoms with Gasteiger partial charge in [0.1, 0.15) is 30.1 Å². The van der Waals surface area contributed by atoms with E-state index in [0.717, 1.165) is 46.3 Å². The highest BCUT2D eigenvalue weighted by atomic mass is 32.2. The summed E-state index contributed by atoms with van der Waals surface area (Å²) in [4.78, 5) is 8.78. The molecule has 0 amide bonds. The van der Waals surface area contributed by atoms with Gasteiger partial charge in [-0.1, -0.05) is 42.5 Å². The van der Waals surface area contributed by atoms with E-state index in [9.17, 15) is 8.42 Å². The minimum atomic E-state index is -3.18. The molecule has 1 saturated carbocycles. The first-order valence-corrected chi connectivity index (χ1v) is 13.4. The highest BCUT2D eigenvalue weighted by Crippen LogP contribution is 2.43. The maximum atomic E-state index is 11.8. The highest BCUT2D eigenvalue weighted by molar-refractivity contribution is 7.89. The van der Waals surface area contributed by atoms with Crippen molar-refractivity contribution in [3.63, 3.8) is 0 Å². The van der Waals surface area contributed by atoms with Crippen LogP contribution in [0.15, 0.2) is 67.1 Å². The molecule has 4 aromatic rings. The predicted molar refractivity (Wildman–Crippen MR) is 137 cm³/mol. The molecule has 2 aromatic heterocycles. The standard InChI is InChI=1S/C26H29N5O3S/c1-2-35(32,33)30-14-19-11-21(12-19)31-15-23(24-25(27)28-17-29-26(24)31)20-9-6-10-22(13-20)34-16-18-7-4-3-5-8-18/h3-10,13,15,17,19,21,30H,2,11-12,14,16H2,1H3,(H2,27,28,29)/t19-,21-.